The Morgan fingerprint density at radius 2 is 1.79 bits per heavy atom. The van der Waals surface area contributed by atoms with E-state index in [2.05, 4.69) is 38.5 Å². The number of imidazole rings is 1. The number of aromatic amines is 1. The SMILES string of the molecule is CCC(C)C(NC(=O)C(CCCCN)NC(=O)C(N)Cc1cnc[nH]1)C(=O)NC(CS)C(=O)O. The maximum absolute atomic E-state index is 13.1. The molecule has 0 fully saturated rings. The zero-order chi connectivity index (χ0) is 25.7. The number of carboxylic acid groups (broad SMARTS) is 1. The van der Waals surface area contributed by atoms with Crippen LogP contribution in [0.2, 0.25) is 0 Å². The number of thiol groups is 1. The van der Waals surface area contributed by atoms with Crippen LogP contribution in [0.5, 0.6) is 0 Å². The normalized spacial score (nSPS) is 15.4. The molecule has 0 aliphatic heterocycles. The minimum Gasteiger partial charge on any atom is -0.480 e. The molecule has 0 saturated carbocycles. The Hall–Kier alpha value is -2.64. The van der Waals surface area contributed by atoms with Gasteiger partial charge in [0, 0.05) is 24.1 Å². The van der Waals surface area contributed by atoms with Gasteiger partial charge in [0.2, 0.25) is 17.7 Å². The van der Waals surface area contributed by atoms with Crippen LogP contribution in [0.15, 0.2) is 12.5 Å². The monoisotopic (exact) mass is 499 g/mol. The van der Waals surface area contributed by atoms with Crippen molar-refractivity contribution in [1.29, 1.82) is 0 Å². The lowest BCUT2D eigenvalue weighted by Gasteiger charge is -2.28. The molecule has 0 aromatic carbocycles. The highest BCUT2D eigenvalue weighted by Gasteiger charge is 2.32. The van der Waals surface area contributed by atoms with Crippen molar-refractivity contribution in [1.82, 2.24) is 25.9 Å². The van der Waals surface area contributed by atoms with E-state index in [1.165, 1.54) is 6.33 Å². The van der Waals surface area contributed by atoms with Gasteiger partial charge < -0.3 is 37.5 Å². The van der Waals surface area contributed by atoms with Crippen LogP contribution in [-0.4, -0.2) is 75.2 Å². The Labute approximate surface area is 204 Å². The van der Waals surface area contributed by atoms with Gasteiger partial charge in [-0.15, -0.1) is 0 Å². The third-order valence-corrected chi connectivity index (χ3v) is 5.87. The van der Waals surface area contributed by atoms with Gasteiger partial charge in [-0.2, -0.15) is 12.6 Å². The molecule has 0 aliphatic rings. The second kappa shape index (κ2) is 15.3. The predicted octanol–water partition coefficient (Wildman–Crippen LogP) is -1.08. The summed E-state index contributed by atoms with van der Waals surface area (Å²) in [5, 5.41) is 17.0. The summed E-state index contributed by atoms with van der Waals surface area (Å²) >= 11 is 3.95. The zero-order valence-corrected chi connectivity index (χ0v) is 20.5. The van der Waals surface area contributed by atoms with E-state index in [1.54, 1.807) is 13.1 Å². The minimum atomic E-state index is -1.23. The standard InChI is InChI=1S/C21H37N7O5S/c1-3-12(2)17(20(31)27-16(10-34)21(32)33)28-19(30)15(6-4-5-7-22)26-18(29)14(23)8-13-9-24-11-25-13/h9,11-12,14-17,34H,3-8,10,22-23H2,1-2H3,(H,24,25)(H,26,29)(H,27,31)(H,28,30)(H,32,33). The van der Waals surface area contributed by atoms with Gasteiger partial charge in [0.25, 0.3) is 0 Å². The highest BCUT2D eigenvalue weighted by atomic mass is 32.1. The number of aromatic nitrogens is 2. The molecule has 0 spiro atoms. The molecule has 3 amide bonds. The number of amides is 3. The zero-order valence-electron chi connectivity index (χ0n) is 19.6. The van der Waals surface area contributed by atoms with Crippen molar-refractivity contribution in [2.24, 2.45) is 17.4 Å². The van der Waals surface area contributed by atoms with Gasteiger partial charge in [-0.05, 0) is 31.7 Å². The van der Waals surface area contributed by atoms with Gasteiger partial charge in [0.15, 0.2) is 0 Å². The number of hydrogen-bond donors (Lipinski definition) is 8. The molecular weight excluding hydrogens is 462 g/mol. The van der Waals surface area contributed by atoms with Crippen molar-refractivity contribution < 1.29 is 24.3 Å². The van der Waals surface area contributed by atoms with Gasteiger partial charge in [-0.25, -0.2) is 9.78 Å². The summed E-state index contributed by atoms with van der Waals surface area (Å²) in [4.78, 5) is 56.6. The second-order valence-corrected chi connectivity index (χ2v) is 8.55. The molecule has 13 heteroatoms. The smallest absolute Gasteiger partial charge is 0.327 e. The third-order valence-electron chi connectivity index (χ3n) is 5.50. The molecule has 5 unspecified atom stereocenters. The third kappa shape index (κ3) is 9.69. The fourth-order valence-electron chi connectivity index (χ4n) is 3.17. The predicted molar refractivity (Wildman–Crippen MR) is 130 cm³/mol. The molecule has 192 valence electrons. The fraction of sp³-hybridized carbons (Fsp3) is 0.667. The van der Waals surface area contributed by atoms with E-state index in [4.69, 9.17) is 11.5 Å². The molecule has 1 aromatic heterocycles. The molecule has 9 N–H and O–H groups in total. The number of carbonyl (C=O) groups is 4. The van der Waals surface area contributed by atoms with Crippen molar-refractivity contribution in [3.63, 3.8) is 0 Å². The van der Waals surface area contributed by atoms with E-state index in [9.17, 15) is 24.3 Å². The number of aliphatic carboxylic acids is 1. The van der Waals surface area contributed by atoms with Crippen LogP contribution in [0, 0.1) is 5.92 Å². The van der Waals surface area contributed by atoms with Gasteiger partial charge in [0.1, 0.15) is 18.1 Å². The molecule has 0 aliphatic carbocycles. The average molecular weight is 500 g/mol. The van der Waals surface area contributed by atoms with E-state index < -0.39 is 47.9 Å². The first-order valence-corrected chi connectivity index (χ1v) is 11.9. The molecule has 1 heterocycles. The number of rotatable bonds is 16. The molecule has 5 atom stereocenters. The topological polar surface area (TPSA) is 205 Å². The van der Waals surface area contributed by atoms with Gasteiger partial charge in [0.05, 0.1) is 12.4 Å². The Balaban J connectivity index is 2.93. The lowest BCUT2D eigenvalue weighted by molar-refractivity contribution is -0.142. The first-order chi connectivity index (χ1) is 16.1. The number of carboxylic acids is 1. The Bertz CT molecular complexity index is 792. The highest BCUT2D eigenvalue weighted by Crippen LogP contribution is 2.11. The van der Waals surface area contributed by atoms with Crippen molar-refractivity contribution >= 4 is 36.3 Å². The summed E-state index contributed by atoms with van der Waals surface area (Å²) < 4.78 is 0. The Kier molecular flexibility index (Phi) is 13.2. The molecule has 34 heavy (non-hydrogen) atoms. The Morgan fingerprint density at radius 1 is 1.12 bits per heavy atom. The number of unbranched alkanes of at least 4 members (excludes halogenated alkanes) is 1. The summed E-state index contributed by atoms with van der Waals surface area (Å²) in [6.07, 6.45) is 5.32. The first kappa shape index (κ1) is 29.4. The maximum Gasteiger partial charge on any atom is 0.327 e. The number of nitrogens with one attached hydrogen (secondary N) is 4. The first-order valence-electron chi connectivity index (χ1n) is 11.3. The van der Waals surface area contributed by atoms with E-state index in [1.807, 2.05) is 6.92 Å². The summed E-state index contributed by atoms with van der Waals surface area (Å²) in [6, 6.07) is -4.04. The molecule has 0 bridgehead atoms. The Morgan fingerprint density at radius 3 is 2.32 bits per heavy atom. The highest BCUT2D eigenvalue weighted by molar-refractivity contribution is 7.80. The lowest BCUT2D eigenvalue weighted by atomic mass is 9.97. The van der Waals surface area contributed by atoms with Crippen molar-refractivity contribution in [2.45, 2.75) is 70.1 Å². The fourth-order valence-corrected chi connectivity index (χ4v) is 3.42. The van der Waals surface area contributed by atoms with Crippen LogP contribution in [0.25, 0.3) is 0 Å². The summed E-state index contributed by atoms with van der Waals surface area (Å²) in [7, 11) is 0. The van der Waals surface area contributed by atoms with Crippen LogP contribution in [0.1, 0.15) is 45.2 Å². The molecular formula is C21H37N7O5S. The second-order valence-electron chi connectivity index (χ2n) is 8.19. The van der Waals surface area contributed by atoms with Crippen LogP contribution < -0.4 is 27.4 Å². The lowest BCUT2D eigenvalue weighted by Crippen LogP contribution is -2.59. The van der Waals surface area contributed by atoms with E-state index in [0.717, 1.165) is 0 Å². The number of nitrogens with zero attached hydrogens (tertiary/aromatic N) is 1. The number of nitrogens with two attached hydrogens (primary N) is 2. The molecule has 1 rings (SSSR count). The molecule has 0 radical (unpaired) electrons. The number of H-pyrrole nitrogens is 1. The summed E-state index contributed by atoms with van der Waals surface area (Å²) in [5.41, 5.74) is 12.2. The van der Waals surface area contributed by atoms with Crippen LogP contribution >= 0.6 is 12.6 Å². The molecule has 0 saturated heterocycles. The van der Waals surface area contributed by atoms with Gasteiger partial charge in [-0.3, -0.25) is 14.4 Å². The van der Waals surface area contributed by atoms with Gasteiger partial charge in [-0.1, -0.05) is 20.3 Å². The number of carbonyl (C=O) groups excluding carboxylic acids is 3. The molecule has 1 aromatic rings. The van der Waals surface area contributed by atoms with Crippen LogP contribution in [0.3, 0.4) is 0 Å². The average Bonchev–Trinajstić information content (AvgIpc) is 3.32. The van der Waals surface area contributed by atoms with Crippen LogP contribution in [-0.2, 0) is 25.6 Å². The summed E-state index contributed by atoms with van der Waals surface area (Å²) in [6.45, 7) is 4.04. The van der Waals surface area contributed by atoms with E-state index >= 15 is 0 Å². The van der Waals surface area contributed by atoms with E-state index in [-0.39, 0.29) is 18.1 Å². The van der Waals surface area contributed by atoms with Crippen molar-refractivity contribution in [3.8, 4) is 0 Å². The van der Waals surface area contributed by atoms with Crippen molar-refractivity contribution in [3.05, 3.63) is 18.2 Å². The maximum atomic E-state index is 13.1. The summed E-state index contributed by atoms with van der Waals surface area (Å²) in [5.74, 6) is -3.33. The van der Waals surface area contributed by atoms with E-state index in [0.29, 0.717) is 37.9 Å². The van der Waals surface area contributed by atoms with Gasteiger partial charge >= 0.3 is 5.97 Å². The largest absolute Gasteiger partial charge is 0.480 e. The van der Waals surface area contributed by atoms with Crippen LogP contribution in [0.4, 0.5) is 0 Å². The van der Waals surface area contributed by atoms with Crippen molar-refractivity contribution in [2.75, 3.05) is 12.3 Å². The quantitative estimate of drug-likeness (QED) is 0.103. The number of hydrogen-bond acceptors (Lipinski definition) is 8. The molecule has 12 nitrogen and oxygen atoms in total. The minimum absolute atomic E-state index is 0.103.